The van der Waals surface area contributed by atoms with Crippen LogP contribution in [0.15, 0.2) is 42.5 Å². The summed E-state index contributed by atoms with van der Waals surface area (Å²) in [6.45, 7) is 2.81. The minimum Gasteiger partial charge on any atom is -0.330 e. The van der Waals surface area contributed by atoms with Gasteiger partial charge in [-0.05, 0) is 68.6 Å². The highest BCUT2D eigenvalue weighted by atomic mass is 16.2. The number of benzene rings is 1. The van der Waals surface area contributed by atoms with Crippen molar-refractivity contribution >= 4 is 5.91 Å². The van der Waals surface area contributed by atoms with Crippen LogP contribution >= 0.6 is 0 Å². The Bertz CT molecular complexity index is 832. The molecule has 0 N–H and O–H groups in total. The third kappa shape index (κ3) is 3.71. The minimum absolute atomic E-state index is 0.0787. The van der Waals surface area contributed by atoms with Crippen LogP contribution in [-0.2, 0) is 13.5 Å². The number of hydrogen-bond acceptors (Lipinski definition) is 2. The average molecular weight is 364 g/mol. The van der Waals surface area contributed by atoms with Gasteiger partial charge in [-0.15, -0.1) is 0 Å². The van der Waals surface area contributed by atoms with E-state index in [-0.39, 0.29) is 11.9 Å². The molecule has 0 saturated carbocycles. The van der Waals surface area contributed by atoms with Crippen LogP contribution in [-0.4, -0.2) is 27.1 Å². The van der Waals surface area contributed by atoms with Crippen LogP contribution in [0.3, 0.4) is 0 Å². The molecular weight excluding hydrogens is 334 g/mol. The monoisotopic (exact) mass is 363 g/mol. The van der Waals surface area contributed by atoms with Crippen molar-refractivity contribution in [3.63, 3.8) is 0 Å². The van der Waals surface area contributed by atoms with Crippen LogP contribution in [0.25, 0.3) is 0 Å². The summed E-state index contributed by atoms with van der Waals surface area (Å²) in [5.41, 5.74) is 4.32. The first kappa shape index (κ1) is 18.0. The smallest absolute Gasteiger partial charge is 0.274 e. The number of aromatic nitrogens is 2. The summed E-state index contributed by atoms with van der Waals surface area (Å²) in [6, 6.07) is 10.7. The lowest BCUT2D eigenvalue weighted by Crippen LogP contribution is -2.40. The SMILES string of the molecule is Cc1cc(C(=O)N(C[C@H]2CC=CCC2)[C@H]2CCCc3ccccc32)nn1C. The Morgan fingerprint density at radius 1 is 1.26 bits per heavy atom. The van der Waals surface area contributed by atoms with E-state index in [2.05, 4.69) is 46.4 Å². The number of carbonyl (C=O) groups excluding carboxylic acids is 1. The molecule has 0 saturated heterocycles. The summed E-state index contributed by atoms with van der Waals surface area (Å²) in [7, 11) is 1.90. The summed E-state index contributed by atoms with van der Waals surface area (Å²) in [4.78, 5) is 15.7. The highest BCUT2D eigenvalue weighted by Crippen LogP contribution is 2.36. The lowest BCUT2D eigenvalue weighted by atomic mass is 9.85. The highest BCUT2D eigenvalue weighted by Gasteiger charge is 2.32. The molecule has 0 unspecified atom stereocenters. The molecule has 142 valence electrons. The number of rotatable bonds is 4. The zero-order valence-electron chi connectivity index (χ0n) is 16.4. The third-order valence-corrected chi connectivity index (χ3v) is 6.14. The standard InChI is InChI=1S/C23H29N3O/c1-17-15-21(24-25(17)2)23(27)26(16-18-9-4-3-5-10-18)22-14-8-12-19-11-6-7-13-20(19)22/h3-4,6-7,11,13,15,18,22H,5,8-10,12,14,16H2,1-2H3/t18-,22-/m0/s1. The van der Waals surface area contributed by atoms with Gasteiger partial charge in [-0.2, -0.15) is 5.10 Å². The molecule has 2 aliphatic rings. The van der Waals surface area contributed by atoms with E-state index in [9.17, 15) is 4.79 Å². The predicted molar refractivity (Wildman–Crippen MR) is 108 cm³/mol. The van der Waals surface area contributed by atoms with E-state index >= 15 is 0 Å². The van der Waals surface area contributed by atoms with Crippen molar-refractivity contribution in [2.24, 2.45) is 13.0 Å². The maximum Gasteiger partial charge on any atom is 0.274 e. The lowest BCUT2D eigenvalue weighted by molar-refractivity contribution is 0.0605. The van der Waals surface area contributed by atoms with Gasteiger partial charge in [0.1, 0.15) is 0 Å². The quantitative estimate of drug-likeness (QED) is 0.744. The molecule has 2 aliphatic carbocycles. The van der Waals surface area contributed by atoms with Gasteiger partial charge in [0.25, 0.3) is 5.91 Å². The molecule has 0 radical (unpaired) electrons. The molecule has 2 aromatic rings. The van der Waals surface area contributed by atoms with Gasteiger partial charge in [-0.25, -0.2) is 0 Å². The van der Waals surface area contributed by atoms with E-state index in [1.165, 1.54) is 11.1 Å². The molecule has 27 heavy (non-hydrogen) atoms. The molecule has 1 aromatic heterocycles. The fraction of sp³-hybridized carbons (Fsp3) is 0.478. The number of aryl methyl sites for hydroxylation is 3. The van der Waals surface area contributed by atoms with Crippen LogP contribution in [0, 0.1) is 12.8 Å². The van der Waals surface area contributed by atoms with E-state index in [1.807, 2.05) is 20.0 Å². The summed E-state index contributed by atoms with van der Waals surface area (Å²) in [5, 5.41) is 4.49. The molecule has 2 atom stereocenters. The van der Waals surface area contributed by atoms with E-state index in [0.717, 1.165) is 50.8 Å². The van der Waals surface area contributed by atoms with Gasteiger partial charge in [-0.3, -0.25) is 9.48 Å². The van der Waals surface area contributed by atoms with E-state index in [1.54, 1.807) is 4.68 Å². The van der Waals surface area contributed by atoms with Crippen molar-refractivity contribution < 1.29 is 4.79 Å². The van der Waals surface area contributed by atoms with Gasteiger partial charge in [0, 0.05) is 19.3 Å². The van der Waals surface area contributed by atoms with Crippen LogP contribution in [0.5, 0.6) is 0 Å². The molecule has 1 heterocycles. The van der Waals surface area contributed by atoms with Crippen molar-refractivity contribution in [2.75, 3.05) is 6.54 Å². The summed E-state index contributed by atoms with van der Waals surface area (Å²) in [6.07, 6.45) is 11.2. The van der Waals surface area contributed by atoms with Gasteiger partial charge in [0.2, 0.25) is 0 Å². The van der Waals surface area contributed by atoms with Crippen molar-refractivity contribution in [1.82, 2.24) is 14.7 Å². The number of carbonyl (C=O) groups is 1. The van der Waals surface area contributed by atoms with Crippen LogP contribution < -0.4 is 0 Å². The Kier molecular flexibility index (Phi) is 5.15. The maximum absolute atomic E-state index is 13.5. The molecule has 0 aliphatic heterocycles. The highest BCUT2D eigenvalue weighted by molar-refractivity contribution is 5.92. The predicted octanol–water partition coefficient (Wildman–Crippen LogP) is 4.60. The molecule has 0 fully saturated rings. The van der Waals surface area contributed by atoms with Gasteiger partial charge in [-0.1, -0.05) is 36.4 Å². The Morgan fingerprint density at radius 3 is 2.85 bits per heavy atom. The lowest BCUT2D eigenvalue weighted by Gasteiger charge is -2.38. The average Bonchev–Trinajstić information content (AvgIpc) is 3.05. The molecular formula is C23H29N3O. The van der Waals surface area contributed by atoms with E-state index < -0.39 is 0 Å². The second kappa shape index (κ2) is 7.71. The summed E-state index contributed by atoms with van der Waals surface area (Å²) < 4.78 is 1.80. The van der Waals surface area contributed by atoms with Gasteiger partial charge in [0.15, 0.2) is 5.69 Å². The topological polar surface area (TPSA) is 38.1 Å². The van der Waals surface area contributed by atoms with Gasteiger partial charge in [0.05, 0.1) is 6.04 Å². The normalized spacial score (nSPS) is 21.7. The fourth-order valence-electron chi connectivity index (χ4n) is 4.52. The Morgan fingerprint density at radius 2 is 2.11 bits per heavy atom. The second-order valence-electron chi connectivity index (χ2n) is 8.01. The summed E-state index contributed by atoms with van der Waals surface area (Å²) >= 11 is 0. The molecule has 4 nitrogen and oxygen atoms in total. The molecule has 4 heteroatoms. The van der Waals surface area contributed by atoms with Crippen LogP contribution in [0.1, 0.15) is 65.5 Å². The fourth-order valence-corrected chi connectivity index (χ4v) is 4.52. The van der Waals surface area contributed by atoms with Crippen molar-refractivity contribution in [3.8, 4) is 0 Å². The van der Waals surface area contributed by atoms with Gasteiger partial charge < -0.3 is 4.90 Å². The number of amides is 1. The molecule has 0 bridgehead atoms. The first-order chi connectivity index (χ1) is 13.1. The zero-order chi connectivity index (χ0) is 18.8. The first-order valence-corrected chi connectivity index (χ1v) is 10.2. The zero-order valence-corrected chi connectivity index (χ0v) is 16.4. The molecule has 0 spiro atoms. The number of fused-ring (bicyclic) bond motifs is 1. The van der Waals surface area contributed by atoms with Crippen molar-refractivity contribution in [1.29, 1.82) is 0 Å². The number of nitrogens with zero attached hydrogens (tertiary/aromatic N) is 3. The first-order valence-electron chi connectivity index (χ1n) is 10.2. The van der Waals surface area contributed by atoms with E-state index in [0.29, 0.717) is 11.6 Å². The number of allylic oxidation sites excluding steroid dienone is 2. The third-order valence-electron chi connectivity index (χ3n) is 6.14. The van der Waals surface area contributed by atoms with E-state index in [4.69, 9.17) is 0 Å². The van der Waals surface area contributed by atoms with Gasteiger partial charge >= 0.3 is 0 Å². The molecule has 4 rings (SSSR count). The number of hydrogen-bond donors (Lipinski definition) is 0. The Hall–Kier alpha value is -2.36. The Balaban J connectivity index is 1.67. The largest absolute Gasteiger partial charge is 0.330 e. The molecule has 1 amide bonds. The van der Waals surface area contributed by atoms with Crippen LogP contribution in [0.2, 0.25) is 0 Å². The van der Waals surface area contributed by atoms with Crippen molar-refractivity contribution in [2.45, 2.75) is 51.5 Å². The minimum atomic E-state index is 0.0787. The second-order valence-corrected chi connectivity index (χ2v) is 8.01. The molecule has 1 aromatic carbocycles. The summed E-state index contributed by atoms with van der Waals surface area (Å²) in [5.74, 6) is 0.618. The maximum atomic E-state index is 13.5. The van der Waals surface area contributed by atoms with Crippen LogP contribution in [0.4, 0.5) is 0 Å². The Labute approximate surface area is 161 Å². The van der Waals surface area contributed by atoms with Crippen molar-refractivity contribution in [3.05, 3.63) is 65.0 Å².